The summed E-state index contributed by atoms with van der Waals surface area (Å²) in [7, 11) is 0. The molecule has 2 bridgehead atoms. The van der Waals surface area contributed by atoms with Crippen molar-refractivity contribution in [1.82, 2.24) is 4.90 Å². The highest BCUT2D eigenvalue weighted by atomic mass is 16.3. The second-order valence-electron chi connectivity index (χ2n) is 7.65. The SMILES string of the molecule is CC12CCC(C1)C(C)(C)C2N1CCC(CO)C1. The average Bonchev–Trinajstić information content (AvgIpc) is 2.88. The molecular weight excluding hydrogens is 210 g/mol. The monoisotopic (exact) mass is 237 g/mol. The first-order chi connectivity index (χ1) is 7.97. The largest absolute Gasteiger partial charge is 0.396 e. The summed E-state index contributed by atoms with van der Waals surface area (Å²) >= 11 is 0. The molecule has 0 spiro atoms. The number of aliphatic hydroxyl groups is 1. The Morgan fingerprint density at radius 1 is 1.24 bits per heavy atom. The predicted octanol–water partition coefficient (Wildman–Crippen LogP) is 2.52. The van der Waals surface area contributed by atoms with Gasteiger partial charge in [-0.1, -0.05) is 20.8 Å². The summed E-state index contributed by atoms with van der Waals surface area (Å²) in [4.78, 5) is 2.71. The van der Waals surface area contributed by atoms with E-state index in [2.05, 4.69) is 25.7 Å². The smallest absolute Gasteiger partial charge is 0.0471 e. The Bertz CT molecular complexity index is 309. The lowest BCUT2D eigenvalue weighted by molar-refractivity contribution is 0.0143. The minimum Gasteiger partial charge on any atom is -0.396 e. The van der Waals surface area contributed by atoms with Gasteiger partial charge in [0.05, 0.1) is 0 Å². The minimum absolute atomic E-state index is 0.379. The summed E-state index contributed by atoms with van der Waals surface area (Å²) in [6, 6.07) is 0.755. The van der Waals surface area contributed by atoms with Crippen LogP contribution in [0.1, 0.15) is 46.5 Å². The van der Waals surface area contributed by atoms with Crippen molar-refractivity contribution in [3.8, 4) is 0 Å². The van der Waals surface area contributed by atoms with E-state index in [1.807, 2.05) is 0 Å². The Kier molecular flexibility index (Phi) is 2.61. The molecule has 1 heterocycles. The summed E-state index contributed by atoms with van der Waals surface area (Å²) in [6.45, 7) is 10.2. The fourth-order valence-electron chi connectivity index (χ4n) is 5.43. The number of likely N-dealkylation sites (tertiary alicyclic amines) is 1. The standard InChI is InChI=1S/C15H27NO/c1-14(2)12-4-6-15(3,8-12)13(14)16-7-5-11(9-16)10-17/h11-13,17H,4-10H2,1-3H3. The molecule has 4 atom stereocenters. The average molecular weight is 237 g/mol. The first-order valence-electron chi connectivity index (χ1n) is 7.32. The van der Waals surface area contributed by atoms with Crippen LogP contribution in [-0.2, 0) is 0 Å². The highest BCUT2D eigenvalue weighted by Gasteiger charge is 2.61. The van der Waals surface area contributed by atoms with Crippen LogP contribution in [0.5, 0.6) is 0 Å². The Labute approximate surface area is 105 Å². The number of hydrogen-bond donors (Lipinski definition) is 1. The molecule has 0 aromatic heterocycles. The van der Waals surface area contributed by atoms with Gasteiger partial charge < -0.3 is 5.11 Å². The van der Waals surface area contributed by atoms with Crippen LogP contribution >= 0.6 is 0 Å². The van der Waals surface area contributed by atoms with Crippen molar-refractivity contribution in [2.24, 2.45) is 22.7 Å². The number of fused-ring (bicyclic) bond motifs is 2. The van der Waals surface area contributed by atoms with Crippen LogP contribution in [0.3, 0.4) is 0 Å². The van der Waals surface area contributed by atoms with Gasteiger partial charge in [0.25, 0.3) is 0 Å². The summed E-state index contributed by atoms with van der Waals surface area (Å²) in [5, 5.41) is 9.33. The van der Waals surface area contributed by atoms with Crippen molar-refractivity contribution in [2.75, 3.05) is 19.7 Å². The van der Waals surface area contributed by atoms with Gasteiger partial charge in [0.15, 0.2) is 0 Å². The molecule has 1 N–H and O–H groups in total. The Balaban J connectivity index is 1.83. The zero-order chi connectivity index (χ0) is 12.3. The Morgan fingerprint density at radius 2 is 2.00 bits per heavy atom. The van der Waals surface area contributed by atoms with E-state index in [0.717, 1.165) is 18.5 Å². The summed E-state index contributed by atoms with van der Waals surface area (Å²) in [5.74, 6) is 1.47. The second kappa shape index (κ2) is 3.71. The minimum atomic E-state index is 0.379. The van der Waals surface area contributed by atoms with E-state index in [0.29, 0.717) is 23.4 Å². The van der Waals surface area contributed by atoms with Crippen molar-refractivity contribution in [2.45, 2.75) is 52.5 Å². The normalized spacial score (nSPS) is 49.1. The van der Waals surface area contributed by atoms with Crippen LogP contribution in [0.15, 0.2) is 0 Å². The highest BCUT2D eigenvalue weighted by molar-refractivity contribution is 5.13. The molecule has 1 saturated heterocycles. The molecule has 2 heteroatoms. The lowest BCUT2D eigenvalue weighted by atomic mass is 9.68. The maximum absolute atomic E-state index is 9.33. The molecule has 4 unspecified atom stereocenters. The maximum Gasteiger partial charge on any atom is 0.0471 e. The number of aliphatic hydroxyl groups excluding tert-OH is 1. The van der Waals surface area contributed by atoms with E-state index in [4.69, 9.17) is 0 Å². The van der Waals surface area contributed by atoms with Gasteiger partial charge in [0.2, 0.25) is 0 Å². The first-order valence-corrected chi connectivity index (χ1v) is 7.32. The van der Waals surface area contributed by atoms with Crippen LogP contribution in [0.2, 0.25) is 0 Å². The molecule has 3 rings (SSSR count). The fraction of sp³-hybridized carbons (Fsp3) is 1.00. The number of hydrogen-bond acceptors (Lipinski definition) is 2. The molecule has 17 heavy (non-hydrogen) atoms. The van der Waals surface area contributed by atoms with Crippen molar-refractivity contribution in [3.05, 3.63) is 0 Å². The van der Waals surface area contributed by atoms with Crippen molar-refractivity contribution in [3.63, 3.8) is 0 Å². The molecule has 0 amide bonds. The molecule has 0 aromatic carbocycles. The van der Waals surface area contributed by atoms with Crippen LogP contribution in [0.4, 0.5) is 0 Å². The van der Waals surface area contributed by atoms with E-state index in [-0.39, 0.29) is 0 Å². The molecule has 2 aliphatic carbocycles. The lowest BCUT2D eigenvalue weighted by Gasteiger charge is -2.48. The zero-order valence-electron chi connectivity index (χ0n) is 11.6. The van der Waals surface area contributed by atoms with Gasteiger partial charge in [0.1, 0.15) is 0 Å². The van der Waals surface area contributed by atoms with Gasteiger partial charge >= 0.3 is 0 Å². The fourth-order valence-corrected chi connectivity index (χ4v) is 5.43. The molecule has 3 fully saturated rings. The van der Waals surface area contributed by atoms with Gasteiger partial charge in [-0.3, -0.25) is 4.90 Å². The van der Waals surface area contributed by atoms with Crippen LogP contribution in [0, 0.1) is 22.7 Å². The quantitative estimate of drug-likeness (QED) is 0.797. The van der Waals surface area contributed by atoms with Gasteiger partial charge in [0, 0.05) is 19.2 Å². The molecule has 98 valence electrons. The number of rotatable bonds is 2. The molecule has 0 radical (unpaired) electrons. The topological polar surface area (TPSA) is 23.5 Å². The second-order valence-corrected chi connectivity index (χ2v) is 7.65. The third-order valence-corrected chi connectivity index (χ3v) is 6.13. The summed E-state index contributed by atoms with van der Waals surface area (Å²) in [6.07, 6.45) is 5.50. The third kappa shape index (κ3) is 1.60. The van der Waals surface area contributed by atoms with E-state index in [1.165, 1.54) is 32.2 Å². The zero-order valence-corrected chi connectivity index (χ0v) is 11.6. The van der Waals surface area contributed by atoms with Gasteiger partial charge in [-0.25, -0.2) is 0 Å². The summed E-state index contributed by atoms with van der Waals surface area (Å²) in [5.41, 5.74) is 1.04. The molecular formula is C15H27NO. The van der Waals surface area contributed by atoms with E-state index >= 15 is 0 Å². The van der Waals surface area contributed by atoms with Crippen LogP contribution in [-0.4, -0.2) is 35.7 Å². The Morgan fingerprint density at radius 3 is 2.53 bits per heavy atom. The van der Waals surface area contributed by atoms with E-state index in [9.17, 15) is 5.11 Å². The third-order valence-electron chi connectivity index (χ3n) is 6.13. The first kappa shape index (κ1) is 12.0. The number of nitrogens with zero attached hydrogens (tertiary/aromatic N) is 1. The summed E-state index contributed by atoms with van der Waals surface area (Å²) < 4.78 is 0. The Hall–Kier alpha value is -0.0800. The van der Waals surface area contributed by atoms with Crippen LogP contribution in [0.25, 0.3) is 0 Å². The van der Waals surface area contributed by atoms with Gasteiger partial charge in [-0.2, -0.15) is 0 Å². The molecule has 1 aliphatic heterocycles. The molecule has 0 aromatic rings. The van der Waals surface area contributed by atoms with Crippen molar-refractivity contribution in [1.29, 1.82) is 0 Å². The predicted molar refractivity (Wildman–Crippen MR) is 69.8 cm³/mol. The maximum atomic E-state index is 9.33. The van der Waals surface area contributed by atoms with Crippen molar-refractivity contribution >= 4 is 0 Å². The van der Waals surface area contributed by atoms with Crippen LogP contribution < -0.4 is 0 Å². The van der Waals surface area contributed by atoms with Gasteiger partial charge in [-0.15, -0.1) is 0 Å². The van der Waals surface area contributed by atoms with Gasteiger partial charge in [-0.05, 0) is 54.9 Å². The molecule has 2 saturated carbocycles. The molecule has 3 aliphatic rings. The van der Waals surface area contributed by atoms with E-state index < -0.39 is 0 Å². The highest BCUT2D eigenvalue weighted by Crippen LogP contribution is 2.64. The van der Waals surface area contributed by atoms with Crippen molar-refractivity contribution < 1.29 is 5.11 Å². The molecule has 2 nitrogen and oxygen atoms in total. The van der Waals surface area contributed by atoms with E-state index in [1.54, 1.807) is 0 Å². The lowest BCUT2D eigenvalue weighted by Crippen LogP contribution is -2.51.